The fourth-order valence-corrected chi connectivity index (χ4v) is 2.79. The van der Waals surface area contributed by atoms with E-state index in [1.54, 1.807) is 7.05 Å². The summed E-state index contributed by atoms with van der Waals surface area (Å²) in [5.74, 6) is -0.710. The summed E-state index contributed by atoms with van der Waals surface area (Å²) in [6.07, 6.45) is 0.895. The van der Waals surface area contributed by atoms with Crippen LogP contribution in [-0.2, 0) is 10.0 Å². The average molecular weight is 314 g/mol. The number of nitrogens with two attached hydrogens (primary N) is 1. The van der Waals surface area contributed by atoms with Crippen LogP contribution in [0, 0.1) is 5.92 Å². The smallest absolute Gasteiger partial charge is 0.337 e. The van der Waals surface area contributed by atoms with Crippen LogP contribution in [0.4, 0.5) is 5.69 Å². The van der Waals surface area contributed by atoms with Crippen LogP contribution in [0.15, 0.2) is 23.1 Å². The molecule has 1 aromatic carbocycles. The van der Waals surface area contributed by atoms with E-state index in [0.29, 0.717) is 11.6 Å². The van der Waals surface area contributed by atoms with Crippen molar-refractivity contribution in [2.75, 3.05) is 11.9 Å². The third kappa shape index (κ3) is 4.44. The van der Waals surface area contributed by atoms with E-state index in [1.807, 2.05) is 11.8 Å². The minimum atomic E-state index is -3.92. The van der Waals surface area contributed by atoms with Gasteiger partial charge in [-0.15, -0.1) is 0 Å². The van der Waals surface area contributed by atoms with Crippen molar-refractivity contribution in [1.29, 1.82) is 0 Å². The van der Waals surface area contributed by atoms with Crippen molar-refractivity contribution in [2.24, 2.45) is 11.1 Å². The van der Waals surface area contributed by atoms with Crippen LogP contribution >= 0.6 is 0 Å². The van der Waals surface area contributed by atoms with E-state index < -0.39 is 16.0 Å². The largest absolute Gasteiger partial charge is 0.478 e. The normalized spacial score (nSPS) is 13.2. The number of carboxylic acid groups (broad SMARTS) is 1. The number of aromatic carboxylic acids is 1. The molecular formula is C14H22N2O4S. The molecule has 0 saturated heterocycles. The summed E-state index contributed by atoms with van der Waals surface area (Å²) in [5.41, 5.74) is 0.405. The third-order valence-electron chi connectivity index (χ3n) is 3.38. The highest BCUT2D eigenvalue weighted by molar-refractivity contribution is 7.89. The van der Waals surface area contributed by atoms with Crippen molar-refractivity contribution in [1.82, 2.24) is 0 Å². The van der Waals surface area contributed by atoms with Crippen LogP contribution in [0.25, 0.3) is 0 Å². The molecule has 0 aliphatic carbocycles. The molecule has 1 atom stereocenters. The van der Waals surface area contributed by atoms with Crippen LogP contribution in [0.1, 0.15) is 37.6 Å². The molecule has 6 nitrogen and oxygen atoms in total. The van der Waals surface area contributed by atoms with Gasteiger partial charge in [0.15, 0.2) is 0 Å². The van der Waals surface area contributed by atoms with Gasteiger partial charge in [0.25, 0.3) is 0 Å². The molecule has 21 heavy (non-hydrogen) atoms. The second kappa shape index (κ2) is 6.44. The maximum Gasteiger partial charge on any atom is 0.337 e. The zero-order valence-corrected chi connectivity index (χ0v) is 13.5. The number of anilines is 1. The first-order chi connectivity index (χ1) is 9.54. The Morgan fingerprint density at radius 3 is 2.33 bits per heavy atom. The Hall–Kier alpha value is -1.60. The summed E-state index contributed by atoms with van der Waals surface area (Å²) in [4.78, 5) is 13.0. The molecule has 0 aliphatic rings. The second-order valence-corrected chi connectivity index (χ2v) is 7.18. The second-order valence-electron chi connectivity index (χ2n) is 5.62. The van der Waals surface area contributed by atoms with Crippen LogP contribution in [0.2, 0.25) is 0 Å². The Kier molecular flexibility index (Phi) is 5.36. The monoisotopic (exact) mass is 314 g/mol. The molecule has 0 bridgehead atoms. The molecule has 0 aromatic heterocycles. The number of rotatable bonds is 6. The molecular weight excluding hydrogens is 292 g/mol. The summed E-state index contributed by atoms with van der Waals surface area (Å²) in [7, 11) is -2.13. The molecule has 3 N–H and O–H groups in total. The van der Waals surface area contributed by atoms with Crippen LogP contribution in [0.3, 0.4) is 0 Å². The fourth-order valence-electron chi connectivity index (χ4n) is 2.25. The van der Waals surface area contributed by atoms with Crippen LogP contribution < -0.4 is 10.0 Å². The number of hydrogen-bond acceptors (Lipinski definition) is 4. The Bertz CT molecular complexity index is 626. The van der Waals surface area contributed by atoms with Gasteiger partial charge in [-0.25, -0.2) is 18.4 Å². The molecule has 0 spiro atoms. The lowest BCUT2D eigenvalue weighted by Gasteiger charge is -2.29. The zero-order chi connectivity index (χ0) is 16.4. The molecule has 0 amide bonds. The first kappa shape index (κ1) is 17.5. The number of carbonyl (C=O) groups is 1. The number of primary sulfonamides is 1. The molecule has 0 aliphatic heterocycles. The summed E-state index contributed by atoms with van der Waals surface area (Å²) in [6.45, 7) is 6.18. The van der Waals surface area contributed by atoms with Gasteiger partial charge in [-0.1, -0.05) is 13.8 Å². The van der Waals surface area contributed by atoms with Gasteiger partial charge < -0.3 is 10.0 Å². The van der Waals surface area contributed by atoms with Gasteiger partial charge in [0, 0.05) is 13.1 Å². The molecule has 0 fully saturated rings. The molecule has 1 aromatic rings. The highest BCUT2D eigenvalue weighted by atomic mass is 32.2. The minimum Gasteiger partial charge on any atom is -0.478 e. The molecule has 0 radical (unpaired) electrons. The van der Waals surface area contributed by atoms with Gasteiger partial charge in [0.05, 0.1) is 16.1 Å². The van der Waals surface area contributed by atoms with Crippen molar-refractivity contribution in [3.63, 3.8) is 0 Å². The number of carboxylic acids is 1. The quantitative estimate of drug-likeness (QED) is 0.835. The molecule has 1 unspecified atom stereocenters. The lowest BCUT2D eigenvalue weighted by Crippen LogP contribution is -2.31. The van der Waals surface area contributed by atoms with Crippen LogP contribution in [0.5, 0.6) is 0 Å². The van der Waals surface area contributed by atoms with Gasteiger partial charge in [0.2, 0.25) is 10.0 Å². The van der Waals surface area contributed by atoms with Gasteiger partial charge in [-0.2, -0.15) is 0 Å². The summed E-state index contributed by atoms with van der Waals surface area (Å²) in [6, 6.07) is 4.05. The van der Waals surface area contributed by atoms with Gasteiger partial charge >= 0.3 is 5.97 Å². The average Bonchev–Trinajstić information content (AvgIpc) is 2.35. The van der Waals surface area contributed by atoms with Crippen molar-refractivity contribution in [2.45, 2.75) is 38.1 Å². The Balaban J connectivity index is 3.27. The van der Waals surface area contributed by atoms with E-state index in [9.17, 15) is 18.3 Å². The number of sulfonamides is 1. The maximum atomic E-state index is 11.4. The summed E-state index contributed by atoms with van der Waals surface area (Å²) < 4.78 is 22.7. The predicted octanol–water partition coefficient (Wildman–Crippen LogP) is 1.90. The third-order valence-corrected chi connectivity index (χ3v) is 4.29. The van der Waals surface area contributed by atoms with Gasteiger partial charge in [-0.05, 0) is 37.5 Å². The molecule has 0 saturated carbocycles. The molecule has 7 heteroatoms. The number of hydrogen-bond donors (Lipinski definition) is 2. The Labute approximate surface area is 125 Å². The highest BCUT2D eigenvalue weighted by Gasteiger charge is 2.21. The number of nitrogens with zero attached hydrogens (tertiary/aromatic N) is 1. The van der Waals surface area contributed by atoms with E-state index in [4.69, 9.17) is 5.14 Å². The van der Waals surface area contributed by atoms with E-state index in [1.165, 1.54) is 12.1 Å². The van der Waals surface area contributed by atoms with Gasteiger partial charge in [-0.3, -0.25) is 0 Å². The molecule has 0 heterocycles. The van der Waals surface area contributed by atoms with E-state index in [-0.39, 0.29) is 16.5 Å². The Morgan fingerprint density at radius 1 is 1.33 bits per heavy atom. The van der Waals surface area contributed by atoms with E-state index >= 15 is 0 Å². The SMILES string of the molecule is CC(C)CC(C)N(C)c1ccc(S(N)(=O)=O)cc1C(=O)O. The highest BCUT2D eigenvalue weighted by Crippen LogP contribution is 2.26. The molecule has 1 rings (SSSR count). The topological polar surface area (TPSA) is 101 Å². The summed E-state index contributed by atoms with van der Waals surface area (Å²) in [5, 5.41) is 14.3. The van der Waals surface area contributed by atoms with E-state index in [0.717, 1.165) is 12.5 Å². The van der Waals surface area contributed by atoms with Crippen LogP contribution in [-0.4, -0.2) is 32.6 Å². The summed E-state index contributed by atoms with van der Waals surface area (Å²) >= 11 is 0. The van der Waals surface area contributed by atoms with Crippen molar-refractivity contribution >= 4 is 21.7 Å². The lowest BCUT2D eigenvalue weighted by molar-refractivity contribution is 0.0697. The predicted molar refractivity (Wildman–Crippen MR) is 82.1 cm³/mol. The van der Waals surface area contributed by atoms with E-state index in [2.05, 4.69) is 13.8 Å². The van der Waals surface area contributed by atoms with Crippen molar-refractivity contribution in [3.8, 4) is 0 Å². The number of benzene rings is 1. The fraction of sp³-hybridized carbons (Fsp3) is 0.500. The maximum absolute atomic E-state index is 11.4. The minimum absolute atomic E-state index is 0.0698. The zero-order valence-electron chi connectivity index (χ0n) is 12.7. The van der Waals surface area contributed by atoms with Crippen molar-refractivity contribution in [3.05, 3.63) is 23.8 Å². The first-order valence-corrected chi connectivity index (χ1v) is 8.21. The van der Waals surface area contributed by atoms with Crippen molar-refractivity contribution < 1.29 is 18.3 Å². The lowest BCUT2D eigenvalue weighted by atomic mass is 10.0. The Morgan fingerprint density at radius 2 is 1.90 bits per heavy atom. The first-order valence-electron chi connectivity index (χ1n) is 6.67. The van der Waals surface area contributed by atoms with Gasteiger partial charge in [0.1, 0.15) is 0 Å². The molecule has 118 valence electrons. The standard InChI is InChI=1S/C14H22N2O4S/c1-9(2)7-10(3)16(4)13-6-5-11(21(15,19)20)8-12(13)14(17)18/h5-6,8-10H,7H2,1-4H3,(H,17,18)(H2,15,19,20).